The summed E-state index contributed by atoms with van der Waals surface area (Å²) in [5.41, 5.74) is 1.59. The molecule has 0 saturated heterocycles. The second-order valence-electron chi connectivity index (χ2n) is 3.18. The summed E-state index contributed by atoms with van der Waals surface area (Å²) in [4.78, 5) is 0. The number of phenolic OH excluding ortho intramolecular Hbond substituents is 2. The minimum Gasteiger partial charge on any atom is -0.508 e. The van der Waals surface area contributed by atoms with E-state index in [-0.39, 0.29) is 11.5 Å². The molecule has 0 amide bonds. The smallest absolute Gasteiger partial charge is 0.127 e. The highest BCUT2D eigenvalue weighted by Gasteiger charge is 2.07. The van der Waals surface area contributed by atoms with E-state index in [1.54, 1.807) is 12.1 Å². The Labute approximate surface area is 95.9 Å². The van der Waals surface area contributed by atoms with Crippen LogP contribution >= 0.6 is 15.9 Å². The van der Waals surface area contributed by atoms with Gasteiger partial charge in [-0.05, 0) is 23.8 Å². The Morgan fingerprint density at radius 2 is 1.60 bits per heavy atom. The summed E-state index contributed by atoms with van der Waals surface area (Å²) in [6, 6.07) is 12.2. The van der Waals surface area contributed by atoms with Crippen LogP contribution in [0.4, 0.5) is 0 Å². The number of hydrogen-bond acceptors (Lipinski definition) is 2. The first-order valence-electron chi connectivity index (χ1n) is 4.45. The lowest BCUT2D eigenvalue weighted by Gasteiger charge is -2.06. The Kier molecular flexibility index (Phi) is 2.64. The third-order valence-electron chi connectivity index (χ3n) is 2.15. The van der Waals surface area contributed by atoms with Crippen molar-refractivity contribution in [2.24, 2.45) is 0 Å². The van der Waals surface area contributed by atoms with Crippen LogP contribution in [0.2, 0.25) is 0 Å². The molecule has 0 unspecified atom stereocenters. The van der Waals surface area contributed by atoms with Gasteiger partial charge in [-0.1, -0.05) is 34.1 Å². The molecule has 0 aliphatic carbocycles. The number of aromatic hydroxyl groups is 2. The average Bonchev–Trinajstić information content (AvgIpc) is 2.20. The van der Waals surface area contributed by atoms with E-state index in [4.69, 9.17) is 0 Å². The van der Waals surface area contributed by atoms with E-state index in [9.17, 15) is 10.2 Å². The molecule has 0 fully saturated rings. The fourth-order valence-corrected chi connectivity index (χ4v) is 1.93. The van der Waals surface area contributed by atoms with Crippen LogP contribution in [0.25, 0.3) is 11.1 Å². The highest BCUT2D eigenvalue weighted by atomic mass is 79.9. The zero-order valence-electron chi connectivity index (χ0n) is 7.81. The fraction of sp³-hybridized carbons (Fsp3) is 0. The Balaban J connectivity index is 2.60. The van der Waals surface area contributed by atoms with Gasteiger partial charge in [0.15, 0.2) is 0 Å². The molecule has 0 saturated carbocycles. The molecular formula is C12H9BrO2. The second-order valence-corrected chi connectivity index (χ2v) is 4.04. The maximum absolute atomic E-state index is 9.69. The molecule has 2 aromatic rings. The van der Waals surface area contributed by atoms with Gasteiger partial charge in [0.2, 0.25) is 0 Å². The molecule has 0 aliphatic heterocycles. The van der Waals surface area contributed by atoms with Gasteiger partial charge >= 0.3 is 0 Å². The predicted molar refractivity (Wildman–Crippen MR) is 62.9 cm³/mol. The number of phenols is 2. The summed E-state index contributed by atoms with van der Waals surface area (Å²) < 4.78 is 0.908. The highest BCUT2D eigenvalue weighted by molar-refractivity contribution is 9.10. The Morgan fingerprint density at radius 3 is 2.27 bits per heavy atom. The normalized spacial score (nSPS) is 10.2. The molecule has 0 aromatic heterocycles. The van der Waals surface area contributed by atoms with E-state index in [1.165, 1.54) is 6.07 Å². The monoisotopic (exact) mass is 264 g/mol. The highest BCUT2D eigenvalue weighted by Crippen LogP contribution is 2.35. The first-order valence-corrected chi connectivity index (χ1v) is 5.24. The van der Waals surface area contributed by atoms with E-state index in [1.807, 2.05) is 24.3 Å². The quantitative estimate of drug-likeness (QED) is 0.828. The maximum Gasteiger partial charge on any atom is 0.127 e. The van der Waals surface area contributed by atoms with Crippen LogP contribution in [0.5, 0.6) is 11.5 Å². The molecule has 3 heteroatoms. The van der Waals surface area contributed by atoms with Crippen molar-refractivity contribution in [1.29, 1.82) is 0 Å². The first kappa shape index (κ1) is 10.1. The van der Waals surface area contributed by atoms with Crippen LogP contribution < -0.4 is 0 Å². The third kappa shape index (κ3) is 1.97. The molecule has 0 aliphatic rings. The molecule has 2 rings (SSSR count). The largest absolute Gasteiger partial charge is 0.508 e. The predicted octanol–water partition coefficient (Wildman–Crippen LogP) is 3.53. The summed E-state index contributed by atoms with van der Waals surface area (Å²) in [5.74, 6) is 0.130. The summed E-state index contributed by atoms with van der Waals surface area (Å²) >= 11 is 3.41. The van der Waals surface area contributed by atoms with E-state index >= 15 is 0 Å². The van der Waals surface area contributed by atoms with Crippen LogP contribution in [-0.4, -0.2) is 10.2 Å². The lowest BCUT2D eigenvalue weighted by atomic mass is 10.0. The molecule has 76 valence electrons. The Bertz CT molecular complexity index is 495. The van der Waals surface area contributed by atoms with Gasteiger partial charge in [0.25, 0.3) is 0 Å². The SMILES string of the molecule is Oc1ccc(-c2ccccc2Br)c(O)c1. The van der Waals surface area contributed by atoms with Gasteiger partial charge in [-0.2, -0.15) is 0 Å². The van der Waals surface area contributed by atoms with Gasteiger partial charge in [-0.3, -0.25) is 0 Å². The van der Waals surface area contributed by atoms with E-state index < -0.39 is 0 Å². The van der Waals surface area contributed by atoms with Crippen LogP contribution in [0.3, 0.4) is 0 Å². The van der Waals surface area contributed by atoms with Gasteiger partial charge < -0.3 is 10.2 Å². The molecule has 0 bridgehead atoms. The topological polar surface area (TPSA) is 40.5 Å². The molecular weight excluding hydrogens is 256 g/mol. The summed E-state index contributed by atoms with van der Waals surface area (Å²) in [7, 11) is 0. The van der Waals surface area contributed by atoms with Crippen LogP contribution in [0, 0.1) is 0 Å². The summed E-state index contributed by atoms with van der Waals surface area (Å²) in [6.45, 7) is 0. The molecule has 2 N–H and O–H groups in total. The van der Waals surface area contributed by atoms with Crippen molar-refractivity contribution in [3.05, 3.63) is 46.9 Å². The van der Waals surface area contributed by atoms with Gasteiger partial charge in [-0.25, -0.2) is 0 Å². The first-order chi connectivity index (χ1) is 7.18. The van der Waals surface area contributed by atoms with Crippen molar-refractivity contribution >= 4 is 15.9 Å². The van der Waals surface area contributed by atoms with Crippen molar-refractivity contribution in [1.82, 2.24) is 0 Å². The molecule has 15 heavy (non-hydrogen) atoms. The average molecular weight is 265 g/mol. The third-order valence-corrected chi connectivity index (χ3v) is 2.84. The molecule has 2 aromatic carbocycles. The fourth-order valence-electron chi connectivity index (χ4n) is 1.43. The molecule has 0 spiro atoms. The van der Waals surface area contributed by atoms with Crippen molar-refractivity contribution in [2.45, 2.75) is 0 Å². The molecule has 0 atom stereocenters. The van der Waals surface area contributed by atoms with Gasteiger partial charge in [0, 0.05) is 16.1 Å². The van der Waals surface area contributed by atoms with E-state index in [2.05, 4.69) is 15.9 Å². The second kappa shape index (κ2) is 3.95. The minimum absolute atomic E-state index is 0.0586. The number of hydrogen-bond donors (Lipinski definition) is 2. The summed E-state index contributed by atoms with van der Waals surface area (Å²) in [6.07, 6.45) is 0. The minimum atomic E-state index is 0.0586. The molecule has 0 heterocycles. The van der Waals surface area contributed by atoms with E-state index in [0.717, 1.165) is 10.0 Å². The van der Waals surface area contributed by atoms with Crippen LogP contribution in [0.1, 0.15) is 0 Å². The zero-order chi connectivity index (χ0) is 10.8. The van der Waals surface area contributed by atoms with E-state index in [0.29, 0.717) is 5.56 Å². The lowest BCUT2D eigenvalue weighted by molar-refractivity contribution is 0.452. The van der Waals surface area contributed by atoms with Gasteiger partial charge in [0.1, 0.15) is 11.5 Å². The van der Waals surface area contributed by atoms with Crippen LogP contribution in [0.15, 0.2) is 46.9 Å². The molecule has 0 radical (unpaired) electrons. The Hall–Kier alpha value is -1.48. The zero-order valence-corrected chi connectivity index (χ0v) is 9.40. The molecule has 2 nitrogen and oxygen atoms in total. The van der Waals surface area contributed by atoms with Crippen molar-refractivity contribution in [3.8, 4) is 22.6 Å². The van der Waals surface area contributed by atoms with Crippen molar-refractivity contribution in [3.63, 3.8) is 0 Å². The standard InChI is InChI=1S/C12H9BrO2/c13-11-4-2-1-3-9(11)10-6-5-8(14)7-12(10)15/h1-7,14-15H. The number of rotatable bonds is 1. The van der Waals surface area contributed by atoms with Gasteiger partial charge in [0.05, 0.1) is 0 Å². The van der Waals surface area contributed by atoms with Gasteiger partial charge in [-0.15, -0.1) is 0 Å². The maximum atomic E-state index is 9.69. The summed E-state index contributed by atoms with van der Waals surface area (Å²) in [5, 5.41) is 18.9. The number of benzene rings is 2. The van der Waals surface area contributed by atoms with Crippen LogP contribution in [-0.2, 0) is 0 Å². The number of halogens is 1. The lowest BCUT2D eigenvalue weighted by Crippen LogP contribution is -1.80. The van der Waals surface area contributed by atoms with Crippen molar-refractivity contribution in [2.75, 3.05) is 0 Å². The Morgan fingerprint density at radius 1 is 0.867 bits per heavy atom. The van der Waals surface area contributed by atoms with Crippen molar-refractivity contribution < 1.29 is 10.2 Å².